The minimum absolute atomic E-state index is 0.0176. The van der Waals surface area contributed by atoms with E-state index in [-0.39, 0.29) is 12.5 Å². The number of likely N-dealkylation sites (tertiary alicyclic amines) is 1. The van der Waals surface area contributed by atoms with E-state index >= 15 is 0 Å². The third kappa shape index (κ3) is 3.42. The molecule has 146 valence electrons. The van der Waals surface area contributed by atoms with E-state index in [4.69, 9.17) is 4.74 Å². The van der Waals surface area contributed by atoms with Crippen LogP contribution in [0.4, 0.5) is 5.69 Å². The van der Waals surface area contributed by atoms with Gasteiger partial charge in [-0.05, 0) is 23.9 Å². The van der Waals surface area contributed by atoms with Gasteiger partial charge in [0.2, 0.25) is 0 Å². The maximum atomic E-state index is 13.4. The van der Waals surface area contributed by atoms with E-state index in [9.17, 15) is 9.90 Å². The lowest BCUT2D eigenvalue weighted by atomic mass is 9.70. The van der Waals surface area contributed by atoms with Gasteiger partial charge < -0.3 is 19.6 Å². The molecule has 0 bridgehead atoms. The fraction of sp³-hybridized carbons (Fsp3) is 0.500. The molecule has 3 rings (SSSR count). The molecule has 1 saturated heterocycles. The standard InChI is InChI=1S/C22H30N2O3/c1-21(2)14-24(13-12-22(21,26)15-27-5)20(25)18-10-11-19(23(3)4)17-9-7-6-8-16(17)18/h6-11,26H,12-15H2,1-5H3/t22-/m1/s1. The lowest BCUT2D eigenvalue weighted by Gasteiger charge is -2.50. The van der Waals surface area contributed by atoms with Crippen molar-refractivity contribution in [2.24, 2.45) is 5.41 Å². The van der Waals surface area contributed by atoms with Crippen molar-refractivity contribution in [1.29, 1.82) is 0 Å². The van der Waals surface area contributed by atoms with E-state index in [2.05, 4.69) is 11.0 Å². The van der Waals surface area contributed by atoms with Crippen LogP contribution in [0.1, 0.15) is 30.6 Å². The minimum atomic E-state index is -0.921. The SMILES string of the molecule is COC[C@]1(O)CCN(C(=O)c2ccc(N(C)C)c3ccccc23)CC1(C)C. The molecule has 2 aromatic carbocycles. The number of hydrogen-bond donors (Lipinski definition) is 1. The van der Waals surface area contributed by atoms with E-state index in [1.807, 2.05) is 63.2 Å². The molecule has 0 unspecified atom stereocenters. The number of carbonyl (C=O) groups excluding carboxylic acids is 1. The Labute approximate surface area is 161 Å². The van der Waals surface area contributed by atoms with Crippen molar-refractivity contribution in [2.75, 3.05) is 45.8 Å². The minimum Gasteiger partial charge on any atom is -0.387 e. The Morgan fingerprint density at radius 3 is 2.44 bits per heavy atom. The average Bonchev–Trinajstić information content (AvgIpc) is 2.62. The topological polar surface area (TPSA) is 53.0 Å². The van der Waals surface area contributed by atoms with Crippen LogP contribution >= 0.6 is 0 Å². The number of methoxy groups -OCH3 is 1. The lowest BCUT2D eigenvalue weighted by Crippen LogP contribution is -2.60. The van der Waals surface area contributed by atoms with Gasteiger partial charge >= 0.3 is 0 Å². The molecular weight excluding hydrogens is 340 g/mol. The second-order valence-corrected chi connectivity index (χ2v) is 8.40. The van der Waals surface area contributed by atoms with Crippen molar-refractivity contribution in [3.8, 4) is 0 Å². The van der Waals surface area contributed by atoms with Crippen LogP contribution in [-0.2, 0) is 4.74 Å². The number of carbonyl (C=O) groups is 1. The predicted octanol–water partition coefficient (Wildman–Crippen LogP) is 3.16. The molecule has 0 aliphatic carbocycles. The monoisotopic (exact) mass is 370 g/mol. The molecule has 1 aliphatic rings. The molecule has 1 atom stereocenters. The van der Waals surface area contributed by atoms with Gasteiger partial charge in [0.1, 0.15) is 0 Å². The number of piperidine rings is 1. The predicted molar refractivity (Wildman–Crippen MR) is 109 cm³/mol. The van der Waals surface area contributed by atoms with E-state index in [1.54, 1.807) is 7.11 Å². The molecule has 0 saturated carbocycles. The van der Waals surface area contributed by atoms with Crippen molar-refractivity contribution < 1.29 is 14.6 Å². The Hall–Kier alpha value is -2.11. The molecular formula is C22H30N2O3. The van der Waals surface area contributed by atoms with E-state index in [1.165, 1.54) is 0 Å². The zero-order valence-electron chi connectivity index (χ0n) is 17.0. The summed E-state index contributed by atoms with van der Waals surface area (Å²) in [6, 6.07) is 12.0. The highest BCUT2D eigenvalue weighted by atomic mass is 16.5. The summed E-state index contributed by atoms with van der Waals surface area (Å²) in [5.74, 6) is 0.0176. The Balaban J connectivity index is 1.95. The molecule has 1 N–H and O–H groups in total. The maximum Gasteiger partial charge on any atom is 0.254 e. The van der Waals surface area contributed by atoms with Gasteiger partial charge in [0.15, 0.2) is 0 Å². The molecule has 1 amide bonds. The van der Waals surface area contributed by atoms with Crippen LogP contribution in [0.5, 0.6) is 0 Å². The van der Waals surface area contributed by atoms with E-state index in [0.717, 1.165) is 16.5 Å². The summed E-state index contributed by atoms with van der Waals surface area (Å²) in [5, 5.41) is 13.0. The van der Waals surface area contributed by atoms with E-state index < -0.39 is 11.0 Å². The van der Waals surface area contributed by atoms with Crippen molar-refractivity contribution in [3.63, 3.8) is 0 Å². The largest absolute Gasteiger partial charge is 0.387 e. The van der Waals surface area contributed by atoms with Gasteiger partial charge in [0, 0.05) is 56.3 Å². The second-order valence-electron chi connectivity index (χ2n) is 8.40. The van der Waals surface area contributed by atoms with Crippen LogP contribution in [0, 0.1) is 5.41 Å². The van der Waals surface area contributed by atoms with Crippen LogP contribution in [0.15, 0.2) is 36.4 Å². The van der Waals surface area contributed by atoms with Crippen molar-refractivity contribution >= 4 is 22.4 Å². The summed E-state index contributed by atoms with van der Waals surface area (Å²) in [7, 11) is 5.62. The normalized spacial score (nSPS) is 22.1. The van der Waals surface area contributed by atoms with Crippen molar-refractivity contribution in [3.05, 3.63) is 42.0 Å². The summed E-state index contributed by atoms with van der Waals surface area (Å²) in [6.07, 6.45) is 0.507. The number of rotatable bonds is 4. The molecule has 1 heterocycles. The smallest absolute Gasteiger partial charge is 0.254 e. The number of anilines is 1. The third-order valence-corrected chi connectivity index (χ3v) is 5.92. The molecule has 0 spiro atoms. The maximum absolute atomic E-state index is 13.4. The first kappa shape index (κ1) is 19.6. The van der Waals surface area contributed by atoms with Crippen LogP contribution in [0.25, 0.3) is 10.8 Å². The van der Waals surface area contributed by atoms with Crippen LogP contribution < -0.4 is 4.90 Å². The molecule has 27 heavy (non-hydrogen) atoms. The molecule has 1 fully saturated rings. The van der Waals surface area contributed by atoms with Gasteiger partial charge in [-0.1, -0.05) is 38.1 Å². The third-order valence-electron chi connectivity index (χ3n) is 5.92. The second kappa shape index (κ2) is 7.13. The summed E-state index contributed by atoms with van der Waals surface area (Å²) < 4.78 is 5.24. The molecule has 2 aromatic rings. The highest BCUT2D eigenvalue weighted by Gasteiger charge is 2.48. The average molecular weight is 370 g/mol. The van der Waals surface area contributed by atoms with Crippen molar-refractivity contribution in [2.45, 2.75) is 25.9 Å². The van der Waals surface area contributed by atoms with Gasteiger partial charge in [-0.2, -0.15) is 0 Å². The zero-order chi connectivity index (χ0) is 19.8. The summed E-state index contributed by atoms with van der Waals surface area (Å²) in [4.78, 5) is 17.3. The Morgan fingerprint density at radius 2 is 1.85 bits per heavy atom. The Morgan fingerprint density at radius 1 is 1.19 bits per heavy atom. The molecule has 0 aromatic heterocycles. The number of ether oxygens (including phenoxy) is 1. The first-order valence-electron chi connectivity index (χ1n) is 9.40. The van der Waals surface area contributed by atoms with Crippen LogP contribution in [-0.4, -0.2) is 62.4 Å². The van der Waals surface area contributed by atoms with E-state index in [0.29, 0.717) is 25.1 Å². The van der Waals surface area contributed by atoms with Gasteiger partial charge in [-0.15, -0.1) is 0 Å². The van der Waals surface area contributed by atoms with Gasteiger partial charge in [-0.25, -0.2) is 0 Å². The first-order valence-corrected chi connectivity index (χ1v) is 9.40. The van der Waals surface area contributed by atoms with Crippen molar-refractivity contribution in [1.82, 2.24) is 4.90 Å². The summed E-state index contributed by atoms with van der Waals surface area (Å²) in [5.41, 5.74) is 0.436. The number of amides is 1. The highest BCUT2D eigenvalue weighted by molar-refractivity contribution is 6.10. The van der Waals surface area contributed by atoms with Gasteiger partial charge in [0.25, 0.3) is 5.91 Å². The summed E-state index contributed by atoms with van der Waals surface area (Å²) >= 11 is 0. The number of nitrogens with zero attached hydrogens (tertiary/aromatic N) is 2. The Kier molecular flexibility index (Phi) is 5.19. The van der Waals surface area contributed by atoms with Crippen LogP contribution in [0.3, 0.4) is 0 Å². The number of benzene rings is 2. The zero-order valence-corrected chi connectivity index (χ0v) is 17.0. The highest BCUT2D eigenvalue weighted by Crippen LogP contribution is 2.40. The molecule has 5 heteroatoms. The van der Waals surface area contributed by atoms with Gasteiger partial charge in [-0.3, -0.25) is 4.79 Å². The molecule has 5 nitrogen and oxygen atoms in total. The molecule has 1 aliphatic heterocycles. The first-order chi connectivity index (χ1) is 12.7. The summed E-state index contributed by atoms with van der Waals surface area (Å²) in [6.45, 7) is 5.29. The fourth-order valence-electron chi connectivity index (χ4n) is 4.07. The fourth-order valence-corrected chi connectivity index (χ4v) is 4.07. The lowest BCUT2D eigenvalue weighted by molar-refractivity contribution is -0.144. The number of hydrogen-bond acceptors (Lipinski definition) is 4. The number of aliphatic hydroxyl groups is 1. The Bertz CT molecular complexity index is 847. The number of fused-ring (bicyclic) bond motifs is 1. The quantitative estimate of drug-likeness (QED) is 0.898. The molecule has 0 radical (unpaired) electrons. The van der Waals surface area contributed by atoms with Crippen LogP contribution in [0.2, 0.25) is 0 Å². The van der Waals surface area contributed by atoms with Gasteiger partial charge in [0.05, 0.1) is 12.2 Å².